The van der Waals surface area contributed by atoms with Crippen LogP contribution in [0.1, 0.15) is 48.2 Å². The lowest BCUT2D eigenvalue weighted by atomic mass is 10.1. The van der Waals surface area contributed by atoms with Gasteiger partial charge in [0.05, 0.1) is 17.9 Å². The molecule has 0 aliphatic heterocycles. The predicted molar refractivity (Wildman–Crippen MR) is 111 cm³/mol. The minimum Gasteiger partial charge on any atom is -0.359 e. The molecule has 7 nitrogen and oxygen atoms in total. The number of aromatic nitrogens is 3. The third-order valence-electron chi connectivity index (χ3n) is 4.15. The Hall–Kier alpha value is -1.58. The second-order valence-electron chi connectivity index (χ2n) is 6.25. The summed E-state index contributed by atoms with van der Waals surface area (Å²) in [4.78, 5) is 4.24. The fourth-order valence-electron chi connectivity index (χ4n) is 2.56. The molecule has 0 saturated carbocycles. The van der Waals surface area contributed by atoms with E-state index in [1.54, 1.807) is 7.05 Å². The lowest BCUT2D eigenvalue weighted by molar-refractivity contribution is 0.372. The molecule has 2 N–H and O–H groups in total. The van der Waals surface area contributed by atoms with Crippen LogP contribution < -0.4 is 10.6 Å². The largest absolute Gasteiger partial charge is 0.359 e. The zero-order chi connectivity index (χ0) is 17.7. The summed E-state index contributed by atoms with van der Waals surface area (Å²) in [7, 11) is 3.73. The van der Waals surface area contributed by atoms with E-state index in [9.17, 15) is 0 Å². The highest BCUT2D eigenvalue weighted by Gasteiger charge is 2.10. The van der Waals surface area contributed by atoms with Crippen LogP contribution in [0, 0.1) is 13.8 Å². The minimum atomic E-state index is 0. The van der Waals surface area contributed by atoms with E-state index in [1.807, 2.05) is 24.7 Å². The minimum absolute atomic E-state index is 0. The van der Waals surface area contributed by atoms with Gasteiger partial charge in [0, 0.05) is 32.4 Å². The zero-order valence-electron chi connectivity index (χ0n) is 15.9. The van der Waals surface area contributed by atoms with Gasteiger partial charge in [-0.3, -0.25) is 9.67 Å². The Bertz CT molecular complexity index is 704. The molecule has 0 atom stereocenters. The van der Waals surface area contributed by atoms with Gasteiger partial charge < -0.3 is 15.2 Å². The van der Waals surface area contributed by atoms with E-state index >= 15 is 0 Å². The van der Waals surface area contributed by atoms with Crippen molar-refractivity contribution in [1.82, 2.24) is 25.6 Å². The maximum Gasteiger partial charge on any atom is 0.191 e. The van der Waals surface area contributed by atoms with Crippen LogP contribution in [0.2, 0.25) is 0 Å². The number of guanidine groups is 1. The number of nitrogens with one attached hydrogen (secondary N) is 2. The van der Waals surface area contributed by atoms with Crippen molar-refractivity contribution in [2.75, 3.05) is 13.6 Å². The van der Waals surface area contributed by atoms with Gasteiger partial charge in [0.25, 0.3) is 0 Å². The van der Waals surface area contributed by atoms with Gasteiger partial charge in [-0.05, 0) is 31.7 Å². The molecule has 0 aliphatic carbocycles. The molecule has 2 aromatic heterocycles. The van der Waals surface area contributed by atoms with Crippen LogP contribution in [0.4, 0.5) is 0 Å². The molecule has 0 bridgehead atoms. The lowest BCUT2D eigenvalue weighted by Crippen LogP contribution is -2.37. The number of nitrogens with zero attached hydrogens (tertiary/aromatic N) is 4. The fourth-order valence-corrected chi connectivity index (χ4v) is 2.56. The second-order valence-corrected chi connectivity index (χ2v) is 6.25. The molecular weight excluding hydrogens is 431 g/mol. The Morgan fingerprint density at radius 2 is 2.04 bits per heavy atom. The number of hydrogen-bond acceptors (Lipinski definition) is 4. The van der Waals surface area contributed by atoms with Crippen molar-refractivity contribution in [1.29, 1.82) is 0 Å². The first-order chi connectivity index (χ1) is 11.4. The van der Waals surface area contributed by atoms with Crippen LogP contribution in [-0.2, 0) is 20.0 Å². The summed E-state index contributed by atoms with van der Waals surface area (Å²) < 4.78 is 7.25. The summed E-state index contributed by atoms with van der Waals surface area (Å²) >= 11 is 0. The highest BCUT2D eigenvalue weighted by atomic mass is 127. The quantitative estimate of drug-likeness (QED) is 0.394. The first kappa shape index (κ1) is 21.5. The summed E-state index contributed by atoms with van der Waals surface area (Å²) in [6, 6.07) is 1.98. The third-order valence-corrected chi connectivity index (χ3v) is 4.15. The van der Waals surface area contributed by atoms with Crippen LogP contribution in [0.3, 0.4) is 0 Å². The third kappa shape index (κ3) is 5.72. The maximum atomic E-state index is 5.32. The highest BCUT2D eigenvalue weighted by molar-refractivity contribution is 14.0. The summed E-state index contributed by atoms with van der Waals surface area (Å²) in [5.41, 5.74) is 4.55. The number of aliphatic imine (C=N–C) groups is 1. The maximum absolute atomic E-state index is 5.32. The van der Waals surface area contributed by atoms with Crippen molar-refractivity contribution in [3.8, 4) is 0 Å². The van der Waals surface area contributed by atoms with Crippen LogP contribution in [0.15, 0.2) is 15.6 Å². The number of hydrogen-bond donors (Lipinski definition) is 2. The fraction of sp³-hybridized carbons (Fsp3) is 0.588. The number of aryl methyl sites for hydroxylation is 2. The molecule has 140 valence electrons. The molecule has 2 rings (SSSR count). The Morgan fingerprint density at radius 1 is 1.32 bits per heavy atom. The average Bonchev–Trinajstić information content (AvgIpc) is 3.10. The van der Waals surface area contributed by atoms with E-state index in [-0.39, 0.29) is 24.0 Å². The molecular formula is C17H29IN6O. The normalized spacial score (nSPS) is 11.6. The Kier molecular flexibility index (Phi) is 8.40. The average molecular weight is 460 g/mol. The van der Waals surface area contributed by atoms with Gasteiger partial charge in [-0.15, -0.1) is 24.0 Å². The molecule has 0 saturated heterocycles. The standard InChI is InChI=1S/C17H28N6O.HI/c1-11(2)16-9-14(24-22-16)10-20-17(18-5)19-8-7-15-12(3)21-23(6)13(15)4;/h9,11H,7-8,10H2,1-6H3,(H2,18,19,20);1H. The molecule has 0 amide bonds. The summed E-state index contributed by atoms with van der Waals surface area (Å²) in [5, 5.41) is 15.1. The first-order valence-electron chi connectivity index (χ1n) is 8.31. The van der Waals surface area contributed by atoms with Crippen molar-refractivity contribution in [3.63, 3.8) is 0 Å². The van der Waals surface area contributed by atoms with Crippen LogP contribution in [0.25, 0.3) is 0 Å². The lowest BCUT2D eigenvalue weighted by Gasteiger charge is -2.10. The van der Waals surface area contributed by atoms with E-state index < -0.39 is 0 Å². The zero-order valence-corrected chi connectivity index (χ0v) is 18.2. The Balaban J connectivity index is 0.00000312. The van der Waals surface area contributed by atoms with Gasteiger partial charge in [-0.1, -0.05) is 19.0 Å². The van der Waals surface area contributed by atoms with Gasteiger partial charge in [0.15, 0.2) is 11.7 Å². The van der Waals surface area contributed by atoms with Crippen molar-refractivity contribution < 1.29 is 4.52 Å². The van der Waals surface area contributed by atoms with E-state index in [0.717, 1.165) is 36.1 Å². The first-order valence-corrected chi connectivity index (χ1v) is 8.31. The van der Waals surface area contributed by atoms with Crippen molar-refractivity contribution >= 4 is 29.9 Å². The van der Waals surface area contributed by atoms with Crippen LogP contribution in [-0.4, -0.2) is 34.5 Å². The van der Waals surface area contributed by atoms with E-state index in [1.165, 1.54) is 11.3 Å². The van der Waals surface area contributed by atoms with Crippen molar-refractivity contribution in [3.05, 3.63) is 34.5 Å². The summed E-state index contributed by atoms with van der Waals surface area (Å²) in [6.45, 7) is 9.69. The van der Waals surface area contributed by atoms with E-state index in [2.05, 4.69) is 46.7 Å². The number of rotatable bonds is 6. The van der Waals surface area contributed by atoms with Gasteiger partial charge in [-0.25, -0.2) is 0 Å². The number of halogens is 1. The topological polar surface area (TPSA) is 80.3 Å². The molecule has 0 spiro atoms. The van der Waals surface area contributed by atoms with Crippen molar-refractivity contribution in [2.45, 2.75) is 46.6 Å². The smallest absolute Gasteiger partial charge is 0.191 e. The molecule has 25 heavy (non-hydrogen) atoms. The van der Waals surface area contributed by atoms with Gasteiger partial charge in [-0.2, -0.15) is 5.10 Å². The summed E-state index contributed by atoms with van der Waals surface area (Å²) in [6.07, 6.45) is 0.909. The molecule has 2 heterocycles. The van der Waals surface area contributed by atoms with Gasteiger partial charge in [0.1, 0.15) is 0 Å². The molecule has 0 aromatic carbocycles. The van der Waals surface area contributed by atoms with Crippen LogP contribution in [0.5, 0.6) is 0 Å². The summed E-state index contributed by atoms with van der Waals surface area (Å²) in [5.74, 6) is 1.92. The Morgan fingerprint density at radius 3 is 2.56 bits per heavy atom. The SMILES string of the molecule is CN=C(NCCc1c(C)nn(C)c1C)NCc1cc(C(C)C)no1.I. The highest BCUT2D eigenvalue weighted by Crippen LogP contribution is 2.14. The van der Waals surface area contributed by atoms with E-state index in [0.29, 0.717) is 12.5 Å². The molecule has 0 unspecified atom stereocenters. The van der Waals surface area contributed by atoms with Crippen molar-refractivity contribution in [2.24, 2.45) is 12.0 Å². The molecule has 0 fully saturated rings. The molecule has 0 aliphatic rings. The van der Waals surface area contributed by atoms with Crippen LogP contribution >= 0.6 is 24.0 Å². The van der Waals surface area contributed by atoms with E-state index in [4.69, 9.17) is 4.52 Å². The predicted octanol–water partition coefficient (Wildman–Crippen LogP) is 2.67. The Labute approximate surface area is 166 Å². The molecule has 0 radical (unpaired) electrons. The monoisotopic (exact) mass is 460 g/mol. The van der Waals surface area contributed by atoms with Gasteiger partial charge in [0.2, 0.25) is 0 Å². The van der Waals surface area contributed by atoms with Gasteiger partial charge >= 0.3 is 0 Å². The second kappa shape index (κ2) is 9.79. The molecule has 8 heteroatoms. The molecule has 2 aromatic rings.